The number of hydrogen-bond acceptors (Lipinski definition) is 5. The first-order valence-corrected chi connectivity index (χ1v) is 8.18. The van der Waals surface area contributed by atoms with Crippen molar-refractivity contribution < 1.29 is 9.72 Å². The van der Waals surface area contributed by atoms with Crippen LogP contribution in [0.2, 0.25) is 0 Å². The molecule has 0 aliphatic rings. The zero-order chi connectivity index (χ0) is 18.0. The van der Waals surface area contributed by atoms with Gasteiger partial charge >= 0.3 is 5.69 Å². The van der Waals surface area contributed by atoms with E-state index in [-0.39, 0.29) is 18.1 Å². The molecule has 1 amide bonds. The number of hydrogen-bond donors (Lipinski definition) is 0. The van der Waals surface area contributed by atoms with Crippen LogP contribution in [0, 0.1) is 24.0 Å². The summed E-state index contributed by atoms with van der Waals surface area (Å²) in [6, 6.07) is 0. The van der Waals surface area contributed by atoms with Crippen molar-refractivity contribution in [2.24, 2.45) is 0 Å². The summed E-state index contributed by atoms with van der Waals surface area (Å²) in [7, 11) is 1.67. The van der Waals surface area contributed by atoms with E-state index in [4.69, 9.17) is 0 Å². The van der Waals surface area contributed by atoms with Crippen molar-refractivity contribution in [3.8, 4) is 0 Å². The molecule has 0 unspecified atom stereocenters. The van der Waals surface area contributed by atoms with Crippen LogP contribution in [0.5, 0.6) is 0 Å². The van der Waals surface area contributed by atoms with Gasteiger partial charge in [-0.2, -0.15) is 10.2 Å². The van der Waals surface area contributed by atoms with Gasteiger partial charge in [-0.3, -0.25) is 24.3 Å². The second-order valence-corrected chi connectivity index (χ2v) is 6.32. The Morgan fingerprint density at radius 2 is 2.08 bits per heavy atom. The first-order valence-electron chi connectivity index (χ1n) is 7.38. The maximum absolute atomic E-state index is 12.4. The number of nitro groups is 1. The van der Waals surface area contributed by atoms with Gasteiger partial charge in [0.25, 0.3) is 0 Å². The minimum Gasteiger partial charge on any atom is -0.338 e. The van der Waals surface area contributed by atoms with E-state index in [2.05, 4.69) is 26.1 Å². The lowest BCUT2D eigenvalue weighted by Crippen LogP contribution is -2.30. The molecule has 0 fully saturated rings. The lowest BCUT2D eigenvalue weighted by molar-refractivity contribution is -0.386. The standard InChI is InChI=1S/C14H19BrN6O3/c1-5-19-6-11(15)12(17-19)7-18(4)13(22)8-20-10(3)14(21(23)24)9(2)16-20/h6H,5,7-8H2,1-4H3. The third-order valence-corrected chi connectivity index (χ3v) is 4.40. The number of halogens is 1. The van der Waals surface area contributed by atoms with Gasteiger partial charge in [-0.25, -0.2) is 0 Å². The summed E-state index contributed by atoms with van der Waals surface area (Å²) >= 11 is 3.43. The zero-order valence-corrected chi connectivity index (χ0v) is 15.6. The van der Waals surface area contributed by atoms with Gasteiger partial charge in [-0.15, -0.1) is 0 Å². The van der Waals surface area contributed by atoms with Crippen molar-refractivity contribution in [2.45, 2.75) is 40.4 Å². The van der Waals surface area contributed by atoms with Crippen molar-refractivity contribution in [2.75, 3.05) is 7.05 Å². The van der Waals surface area contributed by atoms with Gasteiger partial charge in [0.15, 0.2) is 0 Å². The molecule has 0 aliphatic carbocycles. The molecule has 0 aliphatic heterocycles. The van der Waals surface area contributed by atoms with Gasteiger partial charge in [0.1, 0.15) is 17.9 Å². The Kier molecular flexibility index (Phi) is 5.37. The molecule has 2 heterocycles. The van der Waals surface area contributed by atoms with E-state index in [1.807, 2.05) is 13.1 Å². The highest BCUT2D eigenvalue weighted by atomic mass is 79.9. The number of aromatic nitrogens is 4. The topological polar surface area (TPSA) is 99.1 Å². The molecule has 9 nitrogen and oxygen atoms in total. The first kappa shape index (κ1) is 18.1. The highest BCUT2D eigenvalue weighted by Gasteiger charge is 2.23. The minimum absolute atomic E-state index is 0.0464. The van der Waals surface area contributed by atoms with Crippen molar-refractivity contribution in [3.63, 3.8) is 0 Å². The maximum atomic E-state index is 12.4. The van der Waals surface area contributed by atoms with Crippen LogP contribution in [0.15, 0.2) is 10.7 Å². The second-order valence-electron chi connectivity index (χ2n) is 5.46. The molecule has 2 aromatic heterocycles. The van der Waals surface area contributed by atoms with Crippen LogP contribution in [0.1, 0.15) is 24.0 Å². The summed E-state index contributed by atoms with van der Waals surface area (Å²) in [6.07, 6.45) is 1.86. The molecule has 24 heavy (non-hydrogen) atoms. The molecule has 2 rings (SSSR count). The average Bonchev–Trinajstić information content (AvgIpc) is 2.99. The highest BCUT2D eigenvalue weighted by molar-refractivity contribution is 9.10. The second kappa shape index (κ2) is 7.12. The van der Waals surface area contributed by atoms with E-state index in [1.54, 1.807) is 25.6 Å². The minimum atomic E-state index is -0.475. The first-order chi connectivity index (χ1) is 11.2. The fourth-order valence-electron chi connectivity index (χ4n) is 2.37. The fourth-order valence-corrected chi connectivity index (χ4v) is 2.81. The Morgan fingerprint density at radius 1 is 1.42 bits per heavy atom. The molecule has 0 aromatic carbocycles. The Labute approximate surface area is 147 Å². The molecule has 2 aromatic rings. The normalized spacial score (nSPS) is 10.9. The van der Waals surface area contributed by atoms with Crippen LogP contribution in [0.3, 0.4) is 0 Å². The molecule has 10 heteroatoms. The lowest BCUT2D eigenvalue weighted by Gasteiger charge is -2.16. The third-order valence-electron chi connectivity index (χ3n) is 3.73. The molecular formula is C14H19BrN6O3. The van der Waals surface area contributed by atoms with E-state index in [9.17, 15) is 14.9 Å². The van der Waals surface area contributed by atoms with Crippen LogP contribution in [0.4, 0.5) is 5.69 Å². The van der Waals surface area contributed by atoms with Gasteiger partial charge in [-0.05, 0) is 36.7 Å². The molecule has 130 valence electrons. The predicted molar refractivity (Wildman–Crippen MR) is 90.4 cm³/mol. The summed E-state index contributed by atoms with van der Waals surface area (Å²) < 4.78 is 3.99. The van der Waals surface area contributed by atoms with Crippen molar-refractivity contribution in [3.05, 3.63) is 37.9 Å². The van der Waals surface area contributed by atoms with Gasteiger partial charge in [0, 0.05) is 19.8 Å². The number of amides is 1. The van der Waals surface area contributed by atoms with E-state index in [0.717, 1.165) is 16.7 Å². The van der Waals surface area contributed by atoms with Gasteiger partial charge in [-0.1, -0.05) is 0 Å². The highest BCUT2D eigenvalue weighted by Crippen LogP contribution is 2.22. The molecule has 0 radical (unpaired) electrons. The van der Waals surface area contributed by atoms with Gasteiger partial charge in [0.2, 0.25) is 5.91 Å². The summed E-state index contributed by atoms with van der Waals surface area (Å²) in [4.78, 5) is 24.5. The van der Waals surface area contributed by atoms with Crippen molar-refractivity contribution >= 4 is 27.5 Å². The predicted octanol–water partition coefficient (Wildman–Crippen LogP) is 2.05. The summed E-state index contributed by atoms with van der Waals surface area (Å²) in [5.41, 5.74) is 1.38. The van der Waals surface area contributed by atoms with Crippen LogP contribution in [0.25, 0.3) is 0 Å². The van der Waals surface area contributed by atoms with Crippen LogP contribution in [-0.4, -0.2) is 42.3 Å². The van der Waals surface area contributed by atoms with Crippen molar-refractivity contribution in [1.82, 2.24) is 24.5 Å². The Morgan fingerprint density at radius 3 is 2.58 bits per heavy atom. The maximum Gasteiger partial charge on any atom is 0.312 e. The fraction of sp³-hybridized carbons (Fsp3) is 0.500. The SMILES string of the molecule is CCn1cc(Br)c(CN(C)C(=O)Cn2nc(C)c([N+](=O)[O-])c2C)n1. The number of nitrogens with zero attached hydrogens (tertiary/aromatic N) is 6. The molecular weight excluding hydrogens is 380 g/mol. The average molecular weight is 399 g/mol. The molecule has 0 saturated carbocycles. The molecule has 0 bridgehead atoms. The lowest BCUT2D eigenvalue weighted by atomic mass is 10.3. The number of aryl methyl sites for hydroxylation is 2. The van der Waals surface area contributed by atoms with E-state index < -0.39 is 4.92 Å². The van der Waals surface area contributed by atoms with Crippen LogP contribution in [-0.2, 0) is 24.4 Å². The summed E-state index contributed by atoms with van der Waals surface area (Å²) in [6.45, 7) is 6.16. The van der Waals surface area contributed by atoms with Crippen LogP contribution >= 0.6 is 15.9 Å². The van der Waals surface area contributed by atoms with E-state index in [1.165, 1.54) is 9.58 Å². The summed E-state index contributed by atoms with van der Waals surface area (Å²) in [5.74, 6) is -0.201. The Bertz CT molecular complexity index is 782. The Hall–Kier alpha value is -2.23. The smallest absolute Gasteiger partial charge is 0.312 e. The van der Waals surface area contributed by atoms with Crippen molar-refractivity contribution in [1.29, 1.82) is 0 Å². The largest absolute Gasteiger partial charge is 0.338 e. The molecule has 0 atom stereocenters. The molecule has 0 spiro atoms. The van der Waals surface area contributed by atoms with Gasteiger partial charge < -0.3 is 4.90 Å². The zero-order valence-electron chi connectivity index (χ0n) is 14.0. The van der Waals surface area contributed by atoms with E-state index in [0.29, 0.717) is 17.9 Å². The van der Waals surface area contributed by atoms with E-state index >= 15 is 0 Å². The van der Waals surface area contributed by atoms with Crippen LogP contribution < -0.4 is 0 Å². The number of carbonyl (C=O) groups is 1. The third kappa shape index (κ3) is 3.64. The molecule has 0 saturated heterocycles. The molecule has 0 N–H and O–H groups in total. The quantitative estimate of drug-likeness (QED) is 0.547. The monoisotopic (exact) mass is 398 g/mol. The summed E-state index contributed by atoms with van der Waals surface area (Å²) in [5, 5.41) is 19.5. The van der Waals surface area contributed by atoms with Gasteiger partial charge in [0.05, 0.1) is 21.6 Å². The number of rotatable bonds is 6. The Balaban J connectivity index is 2.10. The number of likely N-dealkylation sites (N-methyl/N-ethyl adjacent to an activating group) is 1. The number of carbonyl (C=O) groups excluding carboxylic acids is 1.